The van der Waals surface area contributed by atoms with Gasteiger partial charge in [0.1, 0.15) is 0 Å². The van der Waals surface area contributed by atoms with Crippen molar-refractivity contribution in [1.82, 2.24) is 14.7 Å². The molecule has 24 heavy (non-hydrogen) atoms. The molecule has 0 unspecified atom stereocenters. The first-order valence-electron chi connectivity index (χ1n) is 8.01. The van der Waals surface area contributed by atoms with E-state index in [2.05, 4.69) is 10.4 Å². The van der Waals surface area contributed by atoms with Crippen molar-refractivity contribution >= 4 is 17.6 Å². The Morgan fingerprint density at radius 1 is 1.25 bits per heavy atom. The number of anilines is 1. The summed E-state index contributed by atoms with van der Waals surface area (Å²) in [6, 6.07) is 9.15. The Morgan fingerprint density at radius 2 is 2.00 bits per heavy atom. The average molecular weight is 327 g/mol. The molecule has 1 aromatic carbocycles. The van der Waals surface area contributed by atoms with E-state index in [0.29, 0.717) is 12.2 Å². The highest BCUT2D eigenvalue weighted by Gasteiger charge is 2.31. The third-order valence-corrected chi connectivity index (χ3v) is 4.43. The molecule has 126 valence electrons. The highest BCUT2D eigenvalue weighted by atomic mass is 16.2. The van der Waals surface area contributed by atoms with Crippen LogP contribution in [-0.4, -0.2) is 39.2 Å². The van der Waals surface area contributed by atoms with E-state index >= 15 is 0 Å². The SMILES string of the molecule is C[C@@H]1CC[C@@H](C(N)=O)CN1C(=O)Nc1ccc(-n2cccn2)cc1. The molecule has 2 atom stereocenters. The number of primary amides is 1. The van der Waals surface area contributed by atoms with Crippen LogP contribution in [0.3, 0.4) is 0 Å². The van der Waals surface area contributed by atoms with Gasteiger partial charge in [-0.15, -0.1) is 0 Å². The number of rotatable bonds is 3. The lowest BCUT2D eigenvalue weighted by Gasteiger charge is -2.36. The molecule has 0 aliphatic carbocycles. The Morgan fingerprint density at radius 3 is 2.62 bits per heavy atom. The Labute approximate surface area is 140 Å². The molecule has 3 amide bonds. The van der Waals surface area contributed by atoms with Gasteiger partial charge >= 0.3 is 6.03 Å². The van der Waals surface area contributed by atoms with Crippen molar-refractivity contribution in [3.05, 3.63) is 42.7 Å². The van der Waals surface area contributed by atoms with Crippen LogP contribution in [0, 0.1) is 5.92 Å². The minimum absolute atomic E-state index is 0.0870. The highest BCUT2D eigenvalue weighted by molar-refractivity contribution is 5.90. The van der Waals surface area contributed by atoms with Crippen molar-refractivity contribution < 1.29 is 9.59 Å². The molecule has 1 fully saturated rings. The maximum absolute atomic E-state index is 12.5. The molecule has 0 radical (unpaired) electrons. The van der Waals surface area contributed by atoms with Crippen LogP contribution in [0.5, 0.6) is 0 Å². The summed E-state index contributed by atoms with van der Waals surface area (Å²) in [4.78, 5) is 25.6. The second-order valence-corrected chi connectivity index (χ2v) is 6.11. The number of nitrogens with one attached hydrogen (secondary N) is 1. The van der Waals surface area contributed by atoms with Gasteiger partial charge in [0.15, 0.2) is 0 Å². The Hall–Kier alpha value is -2.83. The van der Waals surface area contributed by atoms with Crippen LogP contribution in [0.4, 0.5) is 10.5 Å². The van der Waals surface area contributed by atoms with Gasteiger partial charge in [0.2, 0.25) is 5.91 Å². The molecule has 1 saturated heterocycles. The zero-order valence-electron chi connectivity index (χ0n) is 13.6. The average Bonchev–Trinajstić information content (AvgIpc) is 3.10. The fraction of sp³-hybridized carbons (Fsp3) is 0.353. The van der Waals surface area contributed by atoms with Crippen molar-refractivity contribution in [1.29, 1.82) is 0 Å². The van der Waals surface area contributed by atoms with E-state index in [9.17, 15) is 9.59 Å². The monoisotopic (exact) mass is 327 g/mol. The number of carbonyl (C=O) groups is 2. The topological polar surface area (TPSA) is 93.3 Å². The van der Waals surface area contributed by atoms with Gasteiger partial charge in [-0.3, -0.25) is 4.79 Å². The number of urea groups is 1. The summed E-state index contributed by atoms with van der Waals surface area (Å²) >= 11 is 0. The molecule has 2 heterocycles. The number of benzene rings is 1. The van der Waals surface area contributed by atoms with Crippen LogP contribution in [0.2, 0.25) is 0 Å². The van der Waals surface area contributed by atoms with Gasteiger partial charge in [0.25, 0.3) is 0 Å². The molecule has 0 spiro atoms. The molecular formula is C17H21N5O2. The normalized spacial score (nSPS) is 20.6. The fourth-order valence-corrected chi connectivity index (χ4v) is 2.94. The summed E-state index contributed by atoms with van der Waals surface area (Å²) in [5.41, 5.74) is 7.00. The Balaban J connectivity index is 1.66. The molecular weight excluding hydrogens is 306 g/mol. The van der Waals surface area contributed by atoms with Crippen molar-refractivity contribution in [3.8, 4) is 5.69 Å². The van der Waals surface area contributed by atoms with Gasteiger partial charge in [-0.1, -0.05) is 0 Å². The standard InChI is InChI=1S/C17H21N5O2/c1-12-3-4-13(16(18)23)11-21(12)17(24)20-14-5-7-15(8-6-14)22-10-2-9-19-22/h2,5-10,12-13H,3-4,11H2,1H3,(H2,18,23)(H,20,24)/t12-,13-/m1/s1. The fourth-order valence-electron chi connectivity index (χ4n) is 2.94. The van der Waals surface area contributed by atoms with Crippen LogP contribution < -0.4 is 11.1 Å². The van der Waals surface area contributed by atoms with E-state index in [0.717, 1.165) is 18.5 Å². The van der Waals surface area contributed by atoms with Crippen LogP contribution in [0.15, 0.2) is 42.7 Å². The zero-order chi connectivity index (χ0) is 17.1. The number of aromatic nitrogens is 2. The van der Waals surface area contributed by atoms with E-state index in [4.69, 9.17) is 5.73 Å². The van der Waals surface area contributed by atoms with Crippen molar-refractivity contribution in [2.75, 3.05) is 11.9 Å². The number of hydrogen-bond acceptors (Lipinski definition) is 3. The summed E-state index contributed by atoms with van der Waals surface area (Å²) < 4.78 is 1.75. The lowest BCUT2D eigenvalue weighted by molar-refractivity contribution is -0.123. The second-order valence-electron chi connectivity index (χ2n) is 6.11. The lowest BCUT2D eigenvalue weighted by atomic mass is 9.93. The largest absolute Gasteiger partial charge is 0.369 e. The second kappa shape index (κ2) is 6.74. The lowest BCUT2D eigenvalue weighted by Crippen LogP contribution is -2.50. The first-order chi connectivity index (χ1) is 11.5. The minimum Gasteiger partial charge on any atom is -0.369 e. The Bertz CT molecular complexity index is 711. The Kier molecular flexibility index (Phi) is 4.50. The van der Waals surface area contributed by atoms with Gasteiger partial charge in [-0.2, -0.15) is 5.10 Å². The van der Waals surface area contributed by atoms with Crippen LogP contribution in [-0.2, 0) is 4.79 Å². The highest BCUT2D eigenvalue weighted by Crippen LogP contribution is 2.23. The first kappa shape index (κ1) is 16.0. The maximum Gasteiger partial charge on any atom is 0.322 e. The third kappa shape index (κ3) is 3.40. The molecule has 0 saturated carbocycles. The van der Waals surface area contributed by atoms with Gasteiger partial charge in [-0.25, -0.2) is 9.48 Å². The van der Waals surface area contributed by atoms with E-state index in [1.54, 1.807) is 15.8 Å². The van der Waals surface area contributed by atoms with Gasteiger partial charge in [-0.05, 0) is 50.1 Å². The summed E-state index contributed by atoms with van der Waals surface area (Å²) in [5, 5.41) is 7.04. The molecule has 7 nitrogen and oxygen atoms in total. The maximum atomic E-state index is 12.5. The summed E-state index contributed by atoms with van der Waals surface area (Å²) in [6.45, 7) is 2.35. The number of nitrogens with zero attached hydrogens (tertiary/aromatic N) is 3. The quantitative estimate of drug-likeness (QED) is 0.903. The molecule has 1 aliphatic rings. The van der Waals surface area contributed by atoms with Crippen molar-refractivity contribution in [2.45, 2.75) is 25.8 Å². The molecule has 0 bridgehead atoms. The van der Waals surface area contributed by atoms with E-state index < -0.39 is 0 Å². The van der Waals surface area contributed by atoms with Gasteiger partial charge < -0.3 is 16.0 Å². The van der Waals surface area contributed by atoms with E-state index in [1.807, 2.05) is 43.5 Å². The van der Waals surface area contributed by atoms with Crippen molar-refractivity contribution in [2.24, 2.45) is 11.7 Å². The molecule has 7 heteroatoms. The molecule has 3 N–H and O–H groups in total. The van der Waals surface area contributed by atoms with Gasteiger partial charge in [0.05, 0.1) is 11.6 Å². The van der Waals surface area contributed by atoms with Crippen LogP contribution >= 0.6 is 0 Å². The van der Waals surface area contributed by atoms with E-state index in [-0.39, 0.29) is 23.9 Å². The van der Waals surface area contributed by atoms with Crippen LogP contribution in [0.1, 0.15) is 19.8 Å². The summed E-state index contributed by atoms with van der Waals surface area (Å²) in [7, 11) is 0. The molecule has 2 aromatic rings. The number of hydrogen-bond donors (Lipinski definition) is 2. The number of nitrogens with two attached hydrogens (primary N) is 1. The predicted octanol–water partition coefficient (Wildman–Crippen LogP) is 1.99. The zero-order valence-corrected chi connectivity index (χ0v) is 13.6. The molecule has 3 rings (SSSR count). The predicted molar refractivity (Wildman–Crippen MR) is 90.7 cm³/mol. The molecule has 1 aromatic heterocycles. The number of carbonyl (C=O) groups excluding carboxylic acids is 2. The minimum atomic E-state index is -0.344. The van der Waals surface area contributed by atoms with E-state index in [1.165, 1.54) is 0 Å². The number of piperidine rings is 1. The smallest absolute Gasteiger partial charge is 0.322 e. The number of amides is 3. The summed E-state index contributed by atoms with van der Waals surface area (Å²) in [5.74, 6) is -0.614. The molecule has 1 aliphatic heterocycles. The number of likely N-dealkylation sites (tertiary alicyclic amines) is 1. The third-order valence-electron chi connectivity index (χ3n) is 4.43. The first-order valence-corrected chi connectivity index (χ1v) is 8.01. The van der Waals surface area contributed by atoms with Gasteiger partial charge in [0, 0.05) is 30.7 Å². The summed E-state index contributed by atoms with van der Waals surface area (Å²) in [6.07, 6.45) is 5.08. The van der Waals surface area contributed by atoms with Crippen molar-refractivity contribution in [3.63, 3.8) is 0 Å². The van der Waals surface area contributed by atoms with Crippen LogP contribution in [0.25, 0.3) is 5.69 Å².